The van der Waals surface area contributed by atoms with Gasteiger partial charge in [-0.25, -0.2) is 14.4 Å². The van der Waals surface area contributed by atoms with Crippen LogP contribution in [0.2, 0.25) is 10.3 Å². The summed E-state index contributed by atoms with van der Waals surface area (Å²) in [5.74, 6) is 1.45. The van der Waals surface area contributed by atoms with Crippen molar-refractivity contribution in [3.05, 3.63) is 141 Å². The Morgan fingerprint density at radius 2 is 1.42 bits per heavy atom. The highest BCUT2D eigenvalue weighted by Gasteiger charge is 2.41. The molecule has 65 heavy (non-hydrogen) atoms. The summed E-state index contributed by atoms with van der Waals surface area (Å²) in [6.07, 6.45) is -3.44. The second-order valence-electron chi connectivity index (χ2n) is 15.2. The second kappa shape index (κ2) is 18.8. The van der Waals surface area contributed by atoms with Crippen LogP contribution < -0.4 is 34.1 Å². The lowest BCUT2D eigenvalue weighted by Crippen LogP contribution is -2.31. The van der Waals surface area contributed by atoms with Crippen molar-refractivity contribution in [3.63, 3.8) is 0 Å². The van der Waals surface area contributed by atoms with Crippen molar-refractivity contribution >= 4 is 51.6 Å². The molecule has 1 atom stereocenters. The number of hydrogen-bond donors (Lipinski definition) is 1. The van der Waals surface area contributed by atoms with Gasteiger partial charge in [0.05, 0.1) is 67.3 Å². The summed E-state index contributed by atoms with van der Waals surface area (Å²) < 4.78 is 85.7. The number of aromatic nitrogens is 5. The molecule has 18 heteroatoms. The Morgan fingerprint density at radius 3 is 1.98 bits per heavy atom. The Kier molecular flexibility index (Phi) is 13.0. The van der Waals surface area contributed by atoms with Crippen LogP contribution >= 0.6 is 23.2 Å². The normalized spacial score (nSPS) is 12.9. The summed E-state index contributed by atoms with van der Waals surface area (Å²) >= 11 is 13.7. The van der Waals surface area contributed by atoms with E-state index in [2.05, 4.69) is 30.5 Å². The van der Waals surface area contributed by atoms with Crippen LogP contribution in [-0.2, 0) is 25.8 Å². The predicted molar refractivity (Wildman–Crippen MR) is 242 cm³/mol. The molecular formula is C47H42Cl2F4N8O4. The van der Waals surface area contributed by atoms with Gasteiger partial charge in [-0.1, -0.05) is 48.0 Å². The maximum Gasteiger partial charge on any atom is 0.418 e. The van der Waals surface area contributed by atoms with Crippen LogP contribution in [-0.4, -0.2) is 59.6 Å². The molecule has 12 nitrogen and oxygen atoms in total. The standard InChI is InChI=1S/C47H42Cl2F4N8O4/c1-26-22-35(60(24-29-8-14-32(63-4)15-9-29)25-30-10-16-33(64-5)17-11-30)56-41(38(26)47(51,52)53)36-39(48)43-37-42(40(36)50)57-46(49)58-45(37)61(20-21-65-43)27(2)34-18-19-55-59-44(34)54-23-28-6-12-31(62-3)13-7-28/h6-19,22,27H,20-21,23-25H2,1-5H3,(H,54,59)/t27-/m1/s1. The lowest BCUT2D eigenvalue weighted by Gasteiger charge is -2.30. The Bertz CT molecular complexity index is 2790. The fourth-order valence-corrected chi connectivity index (χ4v) is 8.38. The van der Waals surface area contributed by atoms with E-state index in [1.165, 1.54) is 13.0 Å². The molecule has 1 N–H and O–H groups in total. The smallest absolute Gasteiger partial charge is 0.418 e. The average Bonchev–Trinajstić information content (AvgIpc) is 3.50. The topological polar surface area (TPSA) is 120 Å². The van der Waals surface area contributed by atoms with Crippen LogP contribution in [0.5, 0.6) is 23.0 Å². The molecule has 0 saturated carbocycles. The van der Waals surface area contributed by atoms with Crippen LogP contribution in [0.15, 0.2) is 91.1 Å². The molecule has 1 aliphatic rings. The first-order chi connectivity index (χ1) is 31.3. The second-order valence-corrected chi connectivity index (χ2v) is 15.9. The Morgan fingerprint density at radius 1 is 0.831 bits per heavy atom. The third-order valence-electron chi connectivity index (χ3n) is 11.2. The van der Waals surface area contributed by atoms with E-state index in [1.807, 2.05) is 60.4 Å². The molecule has 0 amide bonds. The van der Waals surface area contributed by atoms with E-state index in [1.54, 1.807) is 62.8 Å². The van der Waals surface area contributed by atoms with E-state index in [9.17, 15) is 0 Å². The molecule has 0 aliphatic carbocycles. The highest BCUT2D eigenvalue weighted by molar-refractivity contribution is 6.37. The molecule has 7 aromatic rings. The first-order valence-corrected chi connectivity index (χ1v) is 21.1. The number of hydrogen-bond acceptors (Lipinski definition) is 12. The van der Waals surface area contributed by atoms with Gasteiger partial charge in [0.2, 0.25) is 5.28 Å². The van der Waals surface area contributed by atoms with Gasteiger partial charge < -0.3 is 34.1 Å². The number of anilines is 3. The van der Waals surface area contributed by atoms with Gasteiger partial charge in [0.25, 0.3) is 0 Å². The minimum Gasteiger partial charge on any atom is -0.497 e. The quantitative estimate of drug-likeness (QED) is 0.0826. The molecule has 336 valence electrons. The van der Waals surface area contributed by atoms with Crippen LogP contribution in [0.3, 0.4) is 0 Å². The molecule has 3 aromatic heterocycles. The van der Waals surface area contributed by atoms with Gasteiger partial charge in [0.15, 0.2) is 17.4 Å². The first kappa shape index (κ1) is 44.9. The summed E-state index contributed by atoms with van der Waals surface area (Å²) in [6, 6.07) is 24.7. The van der Waals surface area contributed by atoms with Crippen LogP contribution in [0.25, 0.3) is 22.2 Å². The van der Waals surface area contributed by atoms with Crippen molar-refractivity contribution in [1.29, 1.82) is 0 Å². The minimum atomic E-state index is -4.99. The zero-order chi connectivity index (χ0) is 46.0. The molecule has 0 bridgehead atoms. The van der Waals surface area contributed by atoms with E-state index in [0.29, 0.717) is 29.4 Å². The summed E-state index contributed by atoms with van der Waals surface area (Å²) in [6.45, 7) is 4.19. The molecule has 0 spiro atoms. The zero-order valence-corrected chi connectivity index (χ0v) is 37.3. The van der Waals surface area contributed by atoms with Crippen molar-refractivity contribution in [2.24, 2.45) is 0 Å². The third-order valence-corrected chi connectivity index (χ3v) is 11.7. The van der Waals surface area contributed by atoms with E-state index in [4.69, 9.17) is 42.1 Å². The molecule has 0 unspecified atom stereocenters. The number of benzene rings is 4. The van der Waals surface area contributed by atoms with Gasteiger partial charge in [-0.2, -0.15) is 23.3 Å². The van der Waals surface area contributed by atoms with E-state index in [-0.39, 0.29) is 59.9 Å². The molecule has 8 rings (SSSR count). The molecule has 4 aromatic carbocycles. The molecule has 0 radical (unpaired) electrons. The Balaban J connectivity index is 1.24. The van der Waals surface area contributed by atoms with Crippen LogP contribution in [0.1, 0.15) is 46.3 Å². The zero-order valence-electron chi connectivity index (χ0n) is 35.8. The number of alkyl halides is 3. The highest BCUT2D eigenvalue weighted by Crippen LogP contribution is 2.51. The maximum atomic E-state index is 17.6. The Labute approximate surface area is 382 Å². The Hall–Kier alpha value is -6.65. The number of nitrogens with one attached hydrogen (secondary N) is 1. The lowest BCUT2D eigenvalue weighted by atomic mass is 9.98. The largest absolute Gasteiger partial charge is 0.497 e. The lowest BCUT2D eigenvalue weighted by molar-refractivity contribution is -0.137. The molecule has 0 saturated heterocycles. The van der Waals surface area contributed by atoms with Gasteiger partial charge in [-0.3, -0.25) is 0 Å². The van der Waals surface area contributed by atoms with Crippen molar-refractivity contribution in [2.75, 3.05) is 49.6 Å². The molecular weight excluding hydrogens is 887 g/mol. The van der Waals surface area contributed by atoms with Gasteiger partial charge in [0.1, 0.15) is 41.0 Å². The van der Waals surface area contributed by atoms with Crippen molar-refractivity contribution < 1.29 is 36.5 Å². The molecule has 1 aliphatic heterocycles. The van der Waals surface area contributed by atoms with Gasteiger partial charge >= 0.3 is 6.18 Å². The number of nitrogens with zero attached hydrogens (tertiary/aromatic N) is 7. The van der Waals surface area contributed by atoms with Crippen LogP contribution in [0.4, 0.5) is 35.0 Å². The van der Waals surface area contributed by atoms with Crippen molar-refractivity contribution in [3.8, 4) is 34.3 Å². The summed E-state index contributed by atoms with van der Waals surface area (Å²) in [7, 11) is 4.70. The fourth-order valence-electron chi connectivity index (χ4n) is 7.90. The van der Waals surface area contributed by atoms with E-state index < -0.39 is 45.4 Å². The molecule has 4 heterocycles. The highest BCUT2D eigenvalue weighted by atomic mass is 35.5. The van der Waals surface area contributed by atoms with Gasteiger partial charge in [-0.05, 0) is 96.2 Å². The van der Waals surface area contributed by atoms with Crippen LogP contribution in [0, 0.1) is 12.7 Å². The maximum absolute atomic E-state index is 17.6. The average molecular weight is 930 g/mol. The number of pyridine rings is 1. The van der Waals surface area contributed by atoms with Crippen molar-refractivity contribution in [2.45, 2.75) is 45.7 Å². The van der Waals surface area contributed by atoms with Gasteiger partial charge in [-0.15, -0.1) is 5.10 Å². The number of ether oxygens (including phenoxy) is 4. The molecule has 0 fully saturated rings. The third kappa shape index (κ3) is 9.31. The first-order valence-electron chi connectivity index (χ1n) is 20.3. The fraction of sp³-hybridized carbons (Fsp3) is 0.255. The summed E-state index contributed by atoms with van der Waals surface area (Å²) in [5.41, 5.74) is 0.120. The predicted octanol–water partition coefficient (Wildman–Crippen LogP) is 11.1. The van der Waals surface area contributed by atoms with E-state index >= 15 is 17.6 Å². The summed E-state index contributed by atoms with van der Waals surface area (Å²) in [4.78, 5) is 17.0. The minimum absolute atomic E-state index is 0.0263. The monoisotopic (exact) mass is 928 g/mol. The SMILES string of the molecule is COc1ccc(CNc2nnccc2[C@@H](C)N2CCOc3c(Cl)c(-c4nc(N(Cc5ccc(OC)cc5)Cc5ccc(OC)cc5)cc(C)c4C(F)(F)F)c(F)c4nc(Cl)nc2c34)cc1. The number of halogens is 6. The van der Waals surface area contributed by atoms with Gasteiger partial charge in [0, 0.05) is 25.2 Å². The van der Waals surface area contributed by atoms with E-state index in [0.717, 1.165) is 22.4 Å². The number of methoxy groups -OCH3 is 3. The van der Waals surface area contributed by atoms with Crippen molar-refractivity contribution in [1.82, 2.24) is 25.1 Å². The number of aryl methyl sites for hydroxylation is 1. The summed E-state index contributed by atoms with van der Waals surface area (Å²) in [5, 5.41) is 11.1. The number of rotatable bonds is 14.